The molecule has 3 nitrogen and oxygen atoms in total. The Morgan fingerprint density at radius 1 is 1.26 bits per heavy atom. The second-order valence-electron chi connectivity index (χ2n) is 5.59. The summed E-state index contributed by atoms with van der Waals surface area (Å²) in [5.41, 5.74) is 8.51. The zero-order valence-electron chi connectivity index (χ0n) is 11.3. The lowest BCUT2D eigenvalue weighted by Crippen LogP contribution is -2.25. The molecule has 1 heterocycles. The van der Waals surface area contributed by atoms with E-state index in [1.165, 1.54) is 5.56 Å². The summed E-state index contributed by atoms with van der Waals surface area (Å²) < 4.78 is 11.6. The third-order valence-corrected chi connectivity index (χ3v) is 4.31. The van der Waals surface area contributed by atoms with E-state index >= 15 is 0 Å². The summed E-state index contributed by atoms with van der Waals surface area (Å²) in [6.07, 6.45) is 4.80. The molecule has 0 saturated heterocycles. The van der Waals surface area contributed by atoms with E-state index in [2.05, 4.69) is 6.92 Å². The molecule has 3 rings (SSSR count). The first-order valence-corrected chi connectivity index (χ1v) is 7.39. The van der Waals surface area contributed by atoms with Crippen molar-refractivity contribution in [1.82, 2.24) is 0 Å². The first kappa shape index (κ1) is 13.1. The zero-order chi connectivity index (χ0) is 13.5. The molecule has 0 amide bonds. The topological polar surface area (TPSA) is 44.5 Å². The molecule has 2 aliphatic rings. The molecule has 0 spiro atoms. The number of fused-ring (bicyclic) bond motifs is 1. The fourth-order valence-corrected chi connectivity index (χ4v) is 2.91. The van der Waals surface area contributed by atoms with E-state index < -0.39 is 0 Å². The Bertz CT molecular complexity index is 497. The lowest BCUT2D eigenvalue weighted by atomic mass is 9.96. The van der Waals surface area contributed by atoms with Gasteiger partial charge in [-0.25, -0.2) is 0 Å². The zero-order valence-corrected chi connectivity index (χ0v) is 12.1. The number of rotatable bonds is 3. The molecule has 0 radical (unpaired) electrons. The standard InChI is InChI=1S/C15H20ClNO2/c1-2-10-11(9-15(17)4-5-15)12(16)8-13-14(10)19-7-3-6-18-13/h8H,2-7,9,17H2,1H3. The second kappa shape index (κ2) is 4.88. The van der Waals surface area contributed by atoms with Gasteiger partial charge in [0.2, 0.25) is 0 Å². The van der Waals surface area contributed by atoms with Gasteiger partial charge >= 0.3 is 0 Å². The van der Waals surface area contributed by atoms with Crippen LogP contribution in [0.3, 0.4) is 0 Å². The van der Waals surface area contributed by atoms with Crippen LogP contribution < -0.4 is 15.2 Å². The summed E-state index contributed by atoms with van der Waals surface area (Å²) in [6.45, 7) is 3.52. The van der Waals surface area contributed by atoms with Gasteiger partial charge in [0.1, 0.15) is 0 Å². The van der Waals surface area contributed by atoms with Gasteiger partial charge in [-0.1, -0.05) is 18.5 Å². The van der Waals surface area contributed by atoms with Gasteiger partial charge in [-0.15, -0.1) is 0 Å². The van der Waals surface area contributed by atoms with Crippen molar-refractivity contribution in [2.75, 3.05) is 13.2 Å². The molecule has 0 atom stereocenters. The van der Waals surface area contributed by atoms with Crippen molar-refractivity contribution in [2.45, 2.75) is 44.6 Å². The SMILES string of the molecule is CCc1c(CC2(N)CC2)c(Cl)cc2c1OCCCO2. The summed E-state index contributed by atoms with van der Waals surface area (Å²) in [5, 5.41) is 0.762. The lowest BCUT2D eigenvalue weighted by Gasteiger charge is -2.19. The van der Waals surface area contributed by atoms with Crippen molar-refractivity contribution in [2.24, 2.45) is 5.73 Å². The molecule has 104 valence electrons. The Hall–Kier alpha value is -0.930. The molecule has 0 unspecified atom stereocenters. The molecule has 2 N–H and O–H groups in total. The van der Waals surface area contributed by atoms with Crippen LogP contribution in [0.15, 0.2) is 6.07 Å². The van der Waals surface area contributed by atoms with Crippen LogP contribution >= 0.6 is 11.6 Å². The number of hydrogen-bond acceptors (Lipinski definition) is 3. The highest BCUT2D eigenvalue weighted by Gasteiger charge is 2.39. The molecule has 1 aromatic rings. The van der Waals surface area contributed by atoms with Crippen molar-refractivity contribution in [3.63, 3.8) is 0 Å². The fourth-order valence-electron chi connectivity index (χ4n) is 2.63. The van der Waals surface area contributed by atoms with Crippen LogP contribution in [0.2, 0.25) is 5.02 Å². The fraction of sp³-hybridized carbons (Fsp3) is 0.600. The molecular formula is C15H20ClNO2. The van der Waals surface area contributed by atoms with Gasteiger partial charge in [-0.2, -0.15) is 0 Å². The van der Waals surface area contributed by atoms with Crippen LogP contribution in [-0.2, 0) is 12.8 Å². The maximum absolute atomic E-state index is 6.44. The van der Waals surface area contributed by atoms with Gasteiger partial charge in [0.05, 0.1) is 13.2 Å². The van der Waals surface area contributed by atoms with Crippen LogP contribution in [0.25, 0.3) is 0 Å². The van der Waals surface area contributed by atoms with Crippen LogP contribution in [-0.4, -0.2) is 18.8 Å². The molecule has 0 aromatic heterocycles. The predicted molar refractivity (Wildman–Crippen MR) is 76.3 cm³/mol. The van der Waals surface area contributed by atoms with E-state index in [-0.39, 0.29) is 5.54 Å². The number of nitrogens with two attached hydrogens (primary N) is 1. The van der Waals surface area contributed by atoms with Gasteiger partial charge in [-0.05, 0) is 31.2 Å². The van der Waals surface area contributed by atoms with Crippen LogP contribution in [0.5, 0.6) is 11.5 Å². The van der Waals surface area contributed by atoms with E-state index in [1.807, 2.05) is 6.07 Å². The largest absolute Gasteiger partial charge is 0.489 e. The highest BCUT2D eigenvalue weighted by atomic mass is 35.5. The highest BCUT2D eigenvalue weighted by molar-refractivity contribution is 6.31. The minimum Gasteiger partial charge on any atom is -0.489 e. The van der Waals surface area contributed by atoms with Crippen LogP contribution in [0.4, 0.5) is 0 Å². The van der Waals surface area contributed by atoms with Crippen LogP contribution in [0.1, 0.15) is 37.3 Å². The predicted octanol–water partition coefficient (Wildman–Crippen LogP) is 3.10. The molecule has 19 heavy (non-hydrogen) atoms. The van der Waals surface area contributed by atoms with Crippen molar-refractivity contribution in [3.8, 4) is 11.5 Å². The number of ether oxygens (including phenoxy) is 2. The Labute approximate surface area is 119 Å². The normalized spacial score (nSPS) is 19.9. The molecule has 0 bridgehead atoms. The average molecular weight is 282 g/mol. The Balaban J connectivity index is 2.05. The maximum Gasteiger partial charge on any atom is 0.164 e. The quantitative estimate of drug-likeness (QED) is 0.926. The maximum atomic E-state index is 6.44. The van der Waals surface area contributed by atoms with Crippen LogP contribution in [0, 0.1) is 0 Å². The minimum atomic E-state index is -0.0482. The number of hydrogen-bond donors (Lipinski definition) is 1. The number of halogens is 1. The van der Waals surface area contributed by atoms with Gasteiger partial charge in [0.15, 0.2) is 11.5 Å². The summed E-state index contributed by atoms with van der Waals surface area (Å²) >= 11 is 6.44. The summed E-state index contributed by atoms with van der Waals surface area (Å²) in [5.74, 6) is 1.66. The van der Waals surface area contributed by atoms with E-state index in [0.717, 1.165) is 54.2 Å². The molecule has 1 fully saturated rings. The molecular weight excluding hydrogens is 262 g/mol. The average Bonchev–Trinajstić information content (AvgIpc) is 3.14. The lowest BCUT2D eigenvalue weighted by molar-refractivity contribution is 0.296. The van der Waals surface area contributed by atoms with Crippen molar-refractivity contribution >= 4 is 11.6 Å². The van der Waals surface area contributed by atoms with Crippen molar-refractivity contribution in [1.29, 1.82) is 0 Å². The van der Waals surface area contributed by atoms with Gasteiger partial charge in [0, 0.05) is 28.6 Å². The van der Waals surface area contributed by atoms with Gasteiger partial charge in [0.25, 0.3) is 0 Å². The smallest absolute Gasteiger partial charge is 0.164 e. The van der Waals surface area contributed by atoms with Crippen molar-refractivity contribution in [3.05, 3.63) is 22.2 Å². The first-order valence-electron chi connectivity index (χ1n) is 7.02. The molecule has 1 aromatic carbocycles. The minimum absolute atomic E-state index is 0.0482. The van der Waals surface area contributed by atoms with E-state index in [4.69, 9.17) is 26.8 Å². The van der Waals surface area contributed by atoms with Gasteiger partial charge < -0.3 is 15.2 Å². The summed E-state index contributed by atoms with van der Waals surface area (Å²) in [4.78, 5) is 0. The third-order valence-electron chi connectivity index (χ3n) is 3.98. The van der Waals surface area contributed by atoms with E-state index in [9.17, 15) is 0 Å². The Morgan fingerprint density at radius 2 is 2.00 bits per heavy atom. The van der Waals surface area contributed by atoms with Gasteiger partial charge in [-0.3, -0.25) is 0 Å². The highest BCUT2D eigenvalue weighted by Crippen LogP contribution is 2.44. The third kappa shape index (κ3) is 2.54. The number of benzene rings is 1. The van der Waals surface area contributed by atoms with Crippen molar-refractivity contribution < 1.29 is 9.47 Å². The first-order chi connectivity index (χ1) is 9.13. The summed E-state index contributed by atoms with van der Waals surface area (Å²) in [7, 11) is 0. The van der Waals surface area contributed by atoms with E-state index in [1.54, 1.807) is 0 Å². The van der Waals surface area contributed by atoms with E-state index in [0.29, 0.717) is 13.2 Å². The molecule has 1 saturated carbocycles. The second-order valence-corrected chi connectivity index (χ2v) is 5.99. The Kier molecular flexibility index (Phi) is 3.35. The summed E-state index contributed by atoms with van der Waals surface area (Å²) in [6, 6.07) is 1.89. The molecule has 4 heteroatoms. The molecule has 1 aliphatic carbocycles. The monoisotopic (exact) mass is 281 g/mol. The molecule has 1 aliphatic heterocycles. The Morgan fingerprint density at radius 3 is 2.68 bits per heavy atom.